The molecule has 0 N–H and O–H groups in total. The monoisotopic (exact) mass is 396 g/mol. The van der Waals surface area contributed by atoms with Gasteiger partial charge in [0.1, 0.15) is 26.2 Å². The van der Waals surface area contributed by atoms with Crippen LogP contribution in [0.2, 0.25) is 0 Å². The number of carbonyl (C=O) groups excluding carboxylic acids is 7. The summed E-state index contributed by atoms with van der Waals surface area (Å²) in [6.07, 6.45) is 7.31. The lowest BCUT2D eigenvalue weighted by atomic mass is 9.96. The Bertz CT molecular complexity index is 528. The Labute approximate surface area is 164 Å². The molecule has 1 heterocycles. The minimum Gasteiger partial charge on any atom is -0.307 e. The molecule has 9 heteroatoms. The van der Waals surface area contributed by atoms with Crippen LogP contribution in [0.5, 0.6) is 0 Å². The van der Waals surface area contributed by atoms with Gasteiger partial charge in [-0.1, -0.05) is 6.92 Å². The molecular weight excluding hydrogens is 368 g/mol. The Morgan fingerprint density at radius 2 is 1.57 bits per heavy atom. The minimum atomic E-state index is -0.536. The highest BCUT2D eigenvalue weighted by Crippen LogP contribution is 2.20. The first-order valence-corrected chi connectivity index (χ1v) is 8.86. The molecule has 1 aliphatic rings. The number of hydrazine groups is 1. The Kier molecular flexibility index (Phi) is 17.0. The van der Waals surface area contributed by atoms with Crippen LogP contribution in [-0.4, -0.2) is 60.4 Å². The van der Waals surface area contributed by atoms with Gasteiger partial charge < -0.3 is 19.2 Å². The van der Waals surface area contributed by atoms with Gasteiger partial charge in [0.15, 0.2) is 0 Å². The molecule has 1 unspecified atom stereocenters. The maximum atomic E-state index is 12.4. The van der Waals surface area contributed by atoms with Crippen LogP contribution in [0.4, 0.5) is 0 Å². The number of carbonyl (C=O) groups is 7. The van der Waals surface area contributed by atoms with E-state index in [0.717, 1.165) is 29.7 Å². The summed E-state index contributed by atoms with van der Waals surface area (Å²) in [6, 6.07) is 0. The van der Waals surface area contributed by atoms with E-state index in [2.05, 4.69) is 0 Å². The quantitative estimate of drug-likeness (QED) is 0.274. The van der Waals surface area contributed by atoms with Crippen molar-refractivity contribution < 1.29 is 33.6 Å². The Hall–Kier alpha value is -2.97. The first-order valence-electron chi connectivity index (χ1n) is 8.86. The zero-order chi connectivity index (χ0) is 21.9. The Balaban J connectivity index is 0. The fourth-order valence-electron chi connectivity index (χ4n) is 2.63. The molecule has 9 nitrogen and oxygen atoms in total. The number of unbranched alkanes of at least 4 members (excludes halogenated alkanes) is 1. The van der Waals surface area contributed by atoms with Crippen LogP contribution in [0.25, 0.3) is 0 Å². The molecule has 0 fully saturated rings. The van der Waals surface area contributed by atoms with Crippen LogP contribution in [0.1, 0.15) is 51.9 Å². The number of nitrogens with zero attached hydrogens (tertiary/aromatic N) is 2. The third-order valence-corrected chi connectivity index (χ3v) is 3.84. The van der Waals surface area contributed by atoms with E-state index in [1.165, 1.54) is 5.01 Å². The standard InChI is InChI=1S/C17H24N2O5.2CH2O/c1-2-6-15(22)18(19-16(23)9-10-17(19)24)13-14(8-5-12-21)7-3-4-11-20;2*1-2/h9-12,14H,2-8,13H2,1H3;2*1H2. The Morgan fingerprint density at radius 3 is 2.04 bits per heavy atom. The maximum absolute atomic E-state index is 12.4. The summed E-state index contributed by atoms with van der Waals surface area (Å²) in [5.74, 6) is -1.43. The van der Waals surface area contributed by atoms with Crippen molar-refractivity contribution in [3.05, 3.63) is 12.2 Å². The first-order chi connectivity index (χ1) is 13.5. The van der Waals surface area contributed by atoms with Gasteiger partial charge in [-0.15, -0.1) is 0 Å². The van der Waals surface area contributed by atoms with E-state index in [9.17, 15) is 24.0 Å². The van der Waals surface area contributed by atoms with E-state index in [1.54, 1.807) is 0 Å². The fourth-order valence-corrected chi connectivity index (χ4v) is 2.63. The maximum Gasteiger partial charge on any atom is 0.272 e. The summed E-state index contributed by atoms with van der Waals surface area (Å²) in [5, 5.41) is 2.07. The van der Waals surface area contributed by atoms with E-state index in [1.807, 2.05) is 20.5 Å². The second-order valence-electron chi connectivity index (χ2n) is 5.76. The van der Waals surface area contributed by atoms with Gasteiger partial charge in [0.25, 0.3) is 11.8 Å². The molecule has 28 heavy (non-hydrogen) atoms. The number of amides is 3. The summed E-state index contributed by atoms with van der Waals surface area (Å²) < 4.78 is 0. The lowest BCUT2D eigenvalue weighted by molar-refractivity contribution is -0.168. The van der Waals surface area contributed by atoms with Crippen molar-refractivity contribution in [3.63, 3.8) is 0 Å². The van der Waals surface area contributed by atoms with Gasteiger partial charge in [-0.2, -0.15) is 5.01 Å². The van der Waals surface area contributed by atoms with Gasteiger partial charge in [-0.25, -0.2) is 5.01 Å². The molecule has 0 aromatic heterocycles. The average molecular weight is 396 g/mol. The Morgan fingerprint density at radius 1 is 1.04 bits per heavy atom. The largest absolute Gasteiger partial charge is 0.307 e. The van der Waals surface area contributed by atoms with Crippen molar-refractivity contribution in [2.75, 3.05) is 6.54 Å². The number of hydrogen-bond acceptors (Lipinski definition) is 7. The van der Waals surface area contributed by atoms with Crippen molar-refractivity contribution in [1.82, 2.24) is 10.0 Å². The van der Waals surface area contributed by atoms with Gasteiger partial charge in [0.2, 0.25) is 5.91 Å². The second-order valence-corrected chi connectivity index (χ2v) is 5.76. The van der Waals surface area contributed by atoms with Gasteiger partial charge in [0.05, 0.1) is 0 Å². The third-order valence-electron chi connectivity index (χ3n) is 3.84. The molecule has 0 saturated heterocycles. The van der Waals surface area contributed by atoms with Gasteiger partial charge in [-0.3, -0.25) is 14.4 Å². The topological polar surface area (TPSA) is 126 Å². The number of rotatable bonds is 12. The number of hydrogen-bond donors (Lipinski definition) is 0. The van der Waals surface area contributed by atoms with Crippen molar-refractivity contribution in [3.8, 4) is 0 Å². The number of aldehydes is 2. The minimum absolute atomic E-state index is 0.0582. The highest BCUT2D eigenvalue weighted by atomic mass is 16.2. The molecule has 1 atom stereocenters. The summed E-state index contributed by atoms with van der Waals surface area (Å²) in [5.41, 5.74) is 0. The predicted molar refractivity (Wildman–Crippen MR) is 101 cm³/mol. The molecular formula is C19H28N2O7. The molecule has 0 radical (unpaired) electrons. The molecule has 0 saturated carbocycles. The predicted octanol–water partition coefficient (Wildman–Crippen LogP) is 1.05. The SMILES string of the molecule is C=O.C=O.CCCC(=O)N(CC(CCC=O)CCCC=O)N1C(=O)C=CC1=O. The van der Waals surface area contributed by atoms with E-state index in [4.69, 9.17) is 9.59 Å². The third kappa shape index (κ3) is 9.65. The molecule has 0 bridgehead atoms. The normalized spacial score (nSPS) is 13.0. The summed E-state index contributed by atoms with van der Waals surface area (Å²) >= 11 is 0. The van der Waals surface area contributed by atoms with E-state index < -0.39 is 11.8 Å². The second kappa shape index (κ2) is 17.4. The van der Waals surface area contributed by atoms with Crippen molar-refractivity contribution in [1.29, 1.82) is 0 Å². The zero-order valence-electron chi connectivity index (χ0n) is 16.2. The van der Waals surface area contributed by atoms with Crippen molar-refractivity contribution in [2.24, 2.45) is 5.92 Å². The zero-order valence-corrected chi connectivity index (χ0v) is 16.2. The fraction of sp³-hybridized carbons (Fsp3) is 0.526. The lowest BCUT2D eigenvalue weighted by Gasteiger charge is -2.33. The molecule has 1 rings (SSSR count). The van der Waals surface area contributed by atoms with E-state index in [-0.39, 0.29) is 24.8 Å². The van der Waals surface area contributed by atoms with Crippen LogP contribution < -0.4 is 0 Å². The summed E-state index contributed by atoms with van der Waals surface area (Å²) in [6.45, 7) is 6.03. The molecule has 0 spiro atoms. The van der Waals surface area contributed by atoms with E-state index >= 15 is 0 Å². The summed E-state index contributed by atoms with van der Waals surface area (Å²) in [4.78, 5) is 73.4. The lowest BCUT2D eigenvalue weighted by Crippen LogP contribution is -2.51. The molecule has 1 aliphatic heterocycles. The summed E-state index contributed by atoms with van der Waals surface area (Å²) in [7, 11) is 0. The van der Waals surface area contributed by atoms with Crippen LogP contribution in [0.15, 0.2) is 12.2 Å². The van der Waals surface area contributed by atoms with Gasteiger partial charge in [0, 0.05) is 38.0 Å². The van der Waals surface area contributed by atoms with E-state index in [0.29, 0.717) is 38.5 Å². The van der Waals surface area contributed by atoms with Crippen LogP contribution in [-0.2, 0) is 33.6 Å². The van der Waals surface area contributed by atoms with Crippen LogP contribution in [0.3, 0.4) is 0 Å². The first kappa shape index (κ1) is 27.3. The van der Waals surface area contributed by atoms with Crippen molar-refractivity contribution in [2.45, 2.75) is 51.9 Å². The molecule has 0 aromatic rings. The van der Waals surface area contributed by atoms with Gasteiger partial charge >= 0.3 is 0 Å². The smallest absolute Gasteiger partial charge is 0.272 e. The molecule has 3 amide bonds. The number of imide groups is 1. The van der Waals surface area contributed by atoms with Crippen molar-refractivity contribution >= 4 is 43.9 Å². The molecule has 0 aromatic carbocycles. The highest BCUT2D eigenvalue weighted by Gasteiger charge is 2.33. The molecule has 0 aliphatic carbocycles. The molecule has 156 valence electrons. The van der Waals surface area contributed by atoms with Crippen LogP contribution >= 0.6 is 0 Å². The van der Waals surface area contributed by atoms with Crippen LogP contribution in [0, 0.1) is 5.92 Å². The highest BCUT2D eigenvalue weighted by molar-refractivity contribution is 6.13. The van der Waals surface area contributed by atoms with Gasteiger partial charge in [-0.05, 0) is 31.6 Å². The average Bonchev–Trinajstić information content (AvgIpc) is 3.05.